The van der Waals surface area contributed by atoms with Crippen LogP contribution < -0.4 is 15.5 Å². The van der Waals surface area contributed by atoms with Crippen LogP contribution in [0.3, 0.4) is 0 Å². The van der Waals surface area contributed by atoms with E-state index in [4.69, 9.17) is 5.11 Å². The number of rotatable bonds is 7. The minimum absolute atomic E-state index is 0.00828. The smallest absolute Gasteiger partial charge is 0.225 e. The van der Waals surface area contributed by atoms with Gasteiger partial charge in [0.2, 0.25) is 5.95 Å². The van der Waals surface area contributed by atoms with E-state index >= 15 is 0 Å². The summed E-state index contributed by atoms with van der Waals surface area (Å²) in [7, 11) is 0. The van der Waals surface area contributed by atoms with Crippen LogP contribution in [0.5, 0.6) is 0 Å². The third-order valence-electron chi connectivity index (χ3n) is 3.88. The maximum absolute atomic E-state index is 11.7. The van der Waals surface area contributed by atoms with Crippen molar-refractivity contribution in [2.45, 2.75) is 13.3 Å². The topological polar surface area (TPSA) is 122 Å². The van der Waals surface area contributed by atoms with Gasteiger partial charge in [0.1, 0.15) is 28.9 Å². The van der Waals surface area contributed by atoms with Gasteiger partial charge in [-0.25, -0.2) is 15.0 Å². The Bertz CT molecular complexity index is 710. The Morgan fingerprint density at radius 2 is 1.96 bits per heavy atom. The fourth-order valence-corrected chi connectivity index (χ4v) is 3.67. The Morgan fingerprint density at radius 1 is 1.16 bits per heavy atom. The van der Waals surface area contributed by atoms with Crippen molar-refractivity contribution in [1.82, 2.24) is 19.9 Å². The molecule has 0 atom stereocenters. The second kappa shape index (κ2) is 8.45. The molecule has 3 rings (SSSR count). The number of fused-ring (bicyclic) bond motifs is 1. The number of aromatic nitrogens is 4. The van der Waals surface area contributed by atoms with Gasteiger partial charge >= 0.3 is 0 Å². The Morgan fingerprint density at radius 3 is 2.68 bits per heavy atom. The molecule has 136 valence electrons. The van der Waals surface area contributed by atoms with Crippen LogP contribution in [0.2, 0.25) is 0 Å². The highest BCUT2D eigenvalue weighted by Gasteiger charge is 2.24. The van der Waals surface area contributed by atoms with Crippen molar-refractivity contribution in [3.05, 3.63) is 6.33 Å². The molecule has 0 saturated carbocycles. The van der Waals surface area contributed by atoms with Gasteiger partial charge in [-0.2, -0.15) is 4.98 Å². The third-order valence-corrected chi connectivity index (χ3v) is 5.15. The summed E-state index contributed by atoms with van der Waals surface area (Å²) in [6, 6.07) is 0. The van der Waals surface area contributed by atoms with Crippen LogP contribution in [0.1, 0.15) is 13.3 Å². The molecule has 0 aromatic carbocycles. The molecule has 1 aliphatic heterocycles. The van der Waals surface area contributed by atoms with E-state index in [0.29, 0.717) is 59.8 Å². The van der Waals surface area contributed by atoms with Crippen molar-refractivity contribution in [2.24, 2.45) is 0 Å². The summed E-state index contributed by atoms with van der Waals surface area (Å²) < 4.78 is 11.7. The Labute approximate surface area is 149 Å². The fraction of sp³-hybridized carbons (Fsp3) is 0.600. The summed E-state index contributed by atoms with van der Waals surface area (Å²) in [4.78, 5) is 19.9. The Hall–Kier alpha value is -1.91. The molecule has 0 radical (unpaired) electrons. The quantitative estimate of drug-likeness (QED) is 0.591. The lowest BCUT2D eigenvalue weighted by Gasteiger charge is -2.29. The minimum Gasteiger partial charge on any atom is -0.616 e. The van der Waals surface area contributed by atoms with Crippen LogP contribution in [-0.4, -0.2) is 73.9 Å². The molecule has 9 nitrogen and oxygen atoms in total. The predicted molar refractivity (Wildman–Crippen MR) is 99.6 cm³/mol. The molecule has 0 aliphatic carbocycles. The van der Waals surface area contributed by atoms with E-state index < -0.39 is 11.2 Å². The highest BCUT2D eigenvalue weighted by atomic mass is 32.2. The van der Waals surface area contributed by atoms with E-state index in [9.17, 15) is 4.55 Å². The van der Waals surface area contributed by atoms with Crippen LogP contribution in [0, 0.1) is 0 Å². The van der Waals surface area contributed by atoms with Gasteiger partial charge in [-0.1, -0.05) is 18.1 Å². The molecule has 25 heavy (non-hydrogen) atoms. The summed E-state index contributed by atoms with van der Waals surface area (Å²) in [5.41, 5.74) is 1.32. The van der Waals surface area contributed by atoms with Crippen LogP contribution in [0.25, 0.3) is 11.0 Å². The largest absolute Gasteiger partial charge is 0.616 e. The van der Waals surface area contributed by atoms with Crippen LogP contribution in [-0.2, 0) is 11.2 Å². The van der Waals surface area contributed by atoms with E-state index in [0.717, 1.165) is 13.0 Å². The zero-order valence-electron chi connectivity index (χ0n) is 14.2. The Kier molecular flexibility index (Phi) is 6.05. The third kappa shape index (κ3) is 4.20. The van der Waals surface area contributed by atoms with Gasteiger partial charge in [-0.15, -0.1) is 0 Å². The van der Waals surface area contributed by atoms with Crippen molar-refractivity contribution in [3.63, 3.8) is 0 Å². The maximum atomic E-state index is 11.7. The SMILES string of the molecule is CCCNc1ncnc2c(N3CC[S+]([O-])CC3)nc(NCCO)nc12. The molecule has 0 amide bonds. The molecule has 1 aliphatic rings. The second-order valence-corrected chi connectivity index (χ2v) is 7.40. The first-order chi connectivity index (χ1) is 12.2. The second-order valence-electron chi connectivity index (χ2n) is 5.70. The van der Waals surface area contributed by atoms with E-state index in [1.54, 1.807) is 0 Å². The number of anilines is 3. The molecule has 1 fully saturated rings. The van der Waals surface area contributed by atoms with Gasteiger partial charge in [0.05, 0.1) is 19.7 Å². The van der Waals surface area contributed by atoms with Crippen molar-refractivity contribution >= 4 is 39.8 Å². The van der Waals surface area contributed by atoms with Crippen LogP contribution in [0.15, 0.2) is 6.33 Å². The fourth-order valence-electron chi connectivity index (χ4n) is 2.62. The number of aliphatic hydroxyl groups is 1. The minimum atomic E-state index is -0.766. The van der Waals surface area contributed by atoms with Gasteiger partial charge in [-0.05, 0) is 6.42 Å². The van der Waals surface area contributed by atoms with Gasteiger partial charge in [0.25, 0.3) is 0 Å². The average Bonchev–Trinajstić information content (AvgIpc) is 2.64. The molecule has 2 aromatic rings. The van der Waals surface area contributed by atoms with E-state index in [1.807, 2.05) is 0 Å². The molecule has 1 saturated heterocycles. The lowest BCUT2D eigenvalue weighted by molar-refractivity contribution is 0.311. The van der Waals surface area contributed by atoms with Crippen molar-refractivity contribution < 1.29 is 9.66 Å². The van der Waals surface area contributed by atoms with Crippen molar-refractivity contribution in [2.75, 3.05) is 59.8 Å². The molecule has 3 N–H and O–H groups in total. The van der Waals surface area contributed by atoms with Gasteiger partial charge in [0.15, 0.2) is 11.6 Å². The Balaban J connectivity index is 2.03. The highest BCUT2D eigenvalue weighted by Crippen LogP contribution is 2.28. The summed E-state index contributed by atoms with van der Waals surface area (Å²) in [6.45, 7) is 4.55. The summed E-state index contributed by atoms with van der Waals surface area (Å²) in [5, 5.41) is 15.3. The zero-order valence-corrected chi connectivity index (χ0v) is 15.1. The molecule has 3 heterocycles. The molecule has 0 bridgehead atoms. The predicted octanol–water partition coefficient (Wildman–Crippen LogP) is 0.215. The summed E-state index contributed by atoms with van der Waals surface area (Å²) >= 11 is -0.766. The maximum Gasteiger partial charge on any atom is 0.225 e. The average molecular weight is 365 g/mol. The number of nitrogens with zero attached hydrogens (tertiary/aromatic N) is 5. The normalized spacial score (nSPS) is 15.6. The summed E-state index contributed by atoms with van der Waals surface area (Å²) in [6.07, 6.45) is 2.48. The van der Waals surface area contributed by atoms with Crippen LogP contribution in [0.4, 0.5) is 17.6 Å². The highest BCUT2D eigenvalue weighted by molar-refractivity contribution is 7.91. The van der Waals surface area contributed by atoms with Gasteiger partial charge in [-0.3, -0.25) is 0 Å². The standard InChI is InChI=1S/C15H23N7O2S/c1-2-3-16-13-11-12(18-10-19-13)14(21-15(20-11)17-4-7-23)22-5-8-25(24)9-6-22/h10,23H,2-9H2,1H3,(H,16,18,19)(H,17,20,21). The molecule has 10 heteroatoms. The summed E-state index contributed by atoms with van der Waals surface area (Å²) in [5.74, 6) is 3.05. The molecule has 0 unspecified atom stereocenters. The first-order valence-electron chi connectivity index (χ1n) is 8.44. The van der Waals surface area contributed by atoms with Crippen molar-refractivity contribution in [3.8, 4) is 0 Å². The first kappa shape index (κ1) is 17.9. The lowest BCUT2D eigenvalue weighted by Crippen LogP contribution is -2.41. The number of hydrogen-bond acceptors (Lipinski definition) is 9. The van der Waals surface area contributed by atoms with E-state index in [2.05, 4.69) is 42.4 Å². The molecule has 2 aromatic heterocycles. The molecular formula is C15H23N7O2S. The van der Waals surface area contributed by atoms with E-state index in [-0.39, 0.29) is 6.61 Å². The van der Waals surface area contributed by atoms with Crippen molar-refractivity contribution in [1.29, 1.82) is 0 Å². The zero-order chi connectivity index (χ0) is 17.6. The van der Waals surface area contributed by atoms with Crippen LogP contribution >= 0.6 is 0 Å². The number of aliphatic hydroxyl groups excluding tert-OH is 1. The number of hydrogen-bond donors (Lipinski definition) is 3. The number of nitrogens with one attached hydrogen (secondary N) is 2. The monoisotopic (exact) mass is 365 g/mol. The molecular weight excluding hydrogens is 342 g/mol. The van der Waals surface area contributed by atoms with Gasteiger partial charge in [0, 0.05) is 13.1 Å². The first-order valence-corrected chi connectivity index (χ1v) is 9.93. The molecule has 0 spiro atoms. The van der Waals surface area contributed by atoms with Gasteiger partial charge < -0.3 is 25.2 Å². The van der Waals surface area contributed by atoms with E-state index in [1.165, 1.54) is 6.33 Å². The lowest BCUT2D eigenvalue weighted by atomic mass is 10.3.